The van der Waals surface area contributed by atoms with Crippen molar-refractivity contribution >= 4 is 17.5 Å². The van der Waals surface area contributed by atoms with Crippen LogP contribution in [0.4, 0.5) is 11.6 Å². The normalized spacial score (nSPS) is 19.4. The zero-order valence-corrected chi connectivity index (χ0v) is 18.2. The Morgan fingerprint density at radius 1 is 0.906 bits per heavy atom. The number of aromatic nitrogens is 2. The van der Waals surface area contributed by atoms with Crippen LogP contribution in [0.2, 0.25) is 0 Å². The van der Waals surface area contributed by atoms with Crippen LogP contribution in [0.25, 0.3) is 11.1 Å². The van der Waals surface area contributed by atoms with E-state index in [1.807, 2.05) is 41.3 Å². The molecule has 0 saturated carbocycles. The van der Waals surface area contributed by atoms with Crippen LogP contribution in [0.3, 0.4) is 0 Å². The highest BCUT2D eigenvalue weighted by Gasteiger charge is 2.35. The quantitative estimate of drug-likeness (QED) is 0.621. The third kappa shape index (κ3) is 4.16. The molecule has 5 rings (SSSR count). The number of piperazine rings is 1. The zero-order valence-electron chi connectivity index (χ0n) is 18.2. The molecule has 1 aromatic heterocycles. The standard InChI is InChI=1S/C25H27N5O2/c1-32-23-8-3-6-20(16-23)19-5-2-7-21(15-19)30-18-22(17-24(30)31)28-11-13-29(14-12-28)25-26-9-4-10-27-25/h2-10,15-16,22H,11-14,17-18H2,1H3. The Hall–Kier alpha value is -3.45. The molecule has 2 aliphatic rings. The fourth-order valence-electron chi connectivity index (χ4n) is 4.58. The van der Waals surface area contributed by atoms with Gasteiger partial charge in [0.1, 0.15) is 5.75 Å². The molecule has 2 aromatic carbocycles. The van der Waals surface area contributed by atoms with E-state index in [-0.39, 0.29) is 11.9 Å². The summed E-state index contributed by atoms with van der Waals surface area (Å²) in [5.74, 6) is 1.79. The number of nitrogens with zero attached hydrogens (tertiary/aromatic N) is 5. The minimum Gasteiger partial charge on any atom is -0.497 e. The minimum atomic E-state index is 0.187. The van der Waals surface area contributed by atoms with Crippen LogP contribution < -0.4 is 14.5 Å². The van der Waals surface area contributed by atoms with Gasteiger partial charge in [-0.3, -0.25) is 9.69 Å². The highest BCUT2D eigenvalue weighted by Crippen LogP contribution is 2.30. The largest absolute Gasteiger partial charge is 0.497 e. The average Bonchev–Trinajstić information content (AvgIpc) is 3.26. The number of benzene rings is 2. The van der Waals surface area contributed by atoms with E-state index in [0.717, 1.165) is 61.2 Å². The van der Waals surface area contributed by atoms with E-state index in [2.05, 4.69) is 38.0 Å². The molecule has 1 atom stereocenters. The second kappa shape index (κ2) is 8.96. The first-order valence-electron chi connectivity index (χ1n) is 11.0. The Balaban J connectivity index is 1.26. The summed E-state index contributed by atoms with van der Waals surface area (Å²) in [5.41, 5.74) is 3.11. The molecule has 0 bridgehead atoms. The lowest BCUT2D eigenvalue weighted by Crippen LogP contribution is -2.51. The maximum atomic E-state index is 12.9. The van der Waals surface area contributed by atoms with Gasteiger partial charge in [-0.2, -0.15) is 0 Å². The van der Waals surface area contributed by atoms with Crippen molar-refractivity contribution < 1.29 is 9.53 Å². The first-order chi connectivity index (χ1) is 15.7. The number of ether oxygens (including phenoxy) is 1. The predicted octanol–water partition coefficient (Wildman–Crippen LogP) is 3.08. The second-order valence-corrected chi connectivity index (χ2v) is 8.22. The lowest BCUT2D eigenvalue weighted by atomic mass is 10.0. The van der Waals surface area contributed by atoms with E-state index in [9.17, 15) is 4.79 Å². The van der Waals surface area contributed by atoms with Gasteiger partial charge in [0.2, 0.25) is 11.9 Å². The van der Waals surface area contributed by atoms with Gasteiger partial charge in [-0.1, -0.05) is 24.3 Å². The van der Waals surface area contributed by atoms with Gasteiger partial charge in [0.25, 0.3) is 0 Å². The van der Waals surface area contributed by atoms with Gasteiger partial charge < -0.3 is 14.5 Å². The molecule has 3 heterocycles. The Labute approximate surface area is 188 Å². The van der Waals surface area contributed by atoms with E-state index in [0.29, 0.717) is 6.42 Å². The third-order valence-corrected chi connectivity index (χ3v) is 6.33. The van der Waals surface area contributed by atoms with Crippen LogP contribution in [-0.2, 0) is 4.79 Å². The lowest BCUT2D eigenvalue weighted by Gasteiger charge is -2.37. The van der Waals surface area contributed by atoms with Crippen molar-refractivity contribution in [2.24, 2.45) is 0 Å². The van der Waals surface area contributed by atoms with Gasteiger partial charge >= 0.3 is 0 Å². The van der Waals surface area contributed by atoms with Crippen LogP contribution in [0, 0.1) is 0 Å². The number of hydrogen-bond donors (Lipinski definition) is 0. The third-order valence-electron chi connectivity index (χ3n) is 6.33. The number of anilines is 2. The maximum Gasteiger partial charge on any atom is 0.228 e. The van der Waals surface area contributed by atoms with Gasteiger partial charge in [-0.15, -0.1) is 0 Å². The zero-order chi connectivity index (χ0) is 21.9. The molecule has 3 aromatic rings. The fourth-order valence-corrected chi connectivity index (χ4v) is 4.58. The molecular weight excluding hydrogens is 402 g/mol. The summed E-state index contributed by atoms with van der Waals surface area (Å²) in [6, 6.07) is 18.3. The van der Waals surface area contributed by atoms with Crippen molar-refractivity contribution in [2.75, 3.05) is 49.6 Å². The van der Waals surface area contributed by atoms with Crippen molar-refractivity contribution in [3.8, 4) is 16.9 Å². The van der Waals surface area contributed by atoms with Crippen molar-refractivity contribution in [1.82, 2.24) is 14.9 Å². The maximum absolute atomic E-state index is 12.9. The molecule has 1 unspecified atom stereocenters. The van der Waals surface area contributed by atoms with Crippen molar-refractivity contribution in [3.05, 3.63) is 67.0 Å². The van der Waals surface area contributed by atoms with Gasteiger partial charge in [-0.05, 0) is 41.5 Å². The number of methoxy groups -OCH3 is 1. The van der Waals surface area contributed by atoms with Crippen LogP contribution in [-0.4, -0.2) is 66.7 Å². The van der Waals surface area contributed by atoms with Crippen LogP contribution in [0.15, 0.2) is 67.0 Å². The summed E-state index contributed by atoms with van der Waals surface area (Å²) in [4.78, 5) is 28.2. The van der Waals surface area contributed by atoms with Gasteiger partial charge in [0.05, 0.1) is 7.11 Å². The molecule has 1 amide bonds. The highest BCUT2D eigenvalue weighted by molar-refractivity contribution is 5.96. The molecule has 0 N–H and O–H groups in total. The lowest BCUT2D eigenvalue weighted by molar-refractivity contribution is -0.117. The molecule has 0 radical (unpaired) electrons. The van der Waals surface area contributed by atoms with Crippen molar-refractivity contribution in [1.29, 1.82) is 0 Å². The van der Waals surface area contributed by atoms with Crippen molar-refractivity contribution in [3.63, 3.8) is 0 Å². The summed E-state index contributed by atoms with van der Waals surface area (Å²) in [7, 11) is 1.67. The first-order valence-corrected chi connectivity index (χ1v) is 11.0. The van der Waals surface area contributed by atoms with E-state index in [1.165, 1.54) is 0 Å². The van der Waals surface area contributed by atoms with Gasteiger partial charge in [0, 0.05) is 63.3 Å². The SMILES string of the molecule is COc1cccc(-c2cccc(N3CC(N4CCN(c5ncccn5)CC4)CC3=O)c2)c1. The predicted molar refractivity (Wildman–Crippen MR) is 125 cm³/mol. The second-order valence-electron chi connectivity index (χ2n) is 8.22. The molecule has 0 spiro atoms. The number of rotatable bonds is 5. The summed E-state index contributed by atoms with van der Waals surface area (Å²) < 4.78 is 5.36. The molecule has 2 aliphatic heterocycles. The molecular formula is C25H27N5O2. The van der Waals surface area contributed by atoms with Crippen LogP contribution >= 0.6 is 0 Å². The summed E-state index contributed by atoms with van der Waals surface area (Å²) in [6.07, 6.45) is 4.12. The number of carbonyl (C=O) groups is 1. The first kappa shape index (κ1) is 20.5. The van der Waals surface area contributed by atoms with Gasteiger partial charge in [-0.25, -0.2) is 9.97 Å². The Morgan fingerprint density at radius 3 is 2.38 bits per heavy atom. The highest BCUT2D eigenvalue weighted by atomic mass is 16.5. The average molecular weight is 430 g/mol. The molecule has 2 fully saturated rings. The van der Waals surface area contributed by atoms with E-state index in [1.54, 1.807) is 19.5 Å². The Kier molecular flexibility index (Phi) is 5.73. The van der Waals surface area contributed by atoms with E-state index >= 15 is 0 Å². The summed E-state index contributed by atoms with van der Waals surface area (Å²) >= 11 is 0. The molecule has 7 nitrogen and oxygen atoms in total. The van der Waals surface area contributed by atoms with Crippen LogP contribution in [0.5, 0.6) is 5.75 Å². The smallest absolute Gasteiger partial charge is 0.228 e. The number of amides is 1. The van der Waals surface area contributed by atoms with Crippen LogP contribution in [0.1, 0.15) is 6.42 Å². The number of carbonyl (C=O) groups excluding carboxylic acids is 1. The van der Waals surface area contributed by atoms with Gasteiger partial charge in [0.15, 0.2) is 0 Å². The topological polar surface area (TPSA) is 61.8 Å². The summed E-state index contributed by atoms with van der Waals surface area (Å²) in [5, 5.41) is 0. The summed E-state index contributed by atoms with van der Waals surface area (Å²) in [6.45, 7) is 4.30. The fraction of sp³-hybridized carbons (Fsp3) is 0.320. The van der Waals surface area contributed by atoms with E-state index < -0.39 is 0 Å². The Morgan fingerprint density at radius 2 is 1.62 bits per heavy atom. The minimum absolute atomic E-state index is 0.187. The monoisotopic (exact) mass is 429 g/mol. The molecule has 164 valence electrons. The molecule has 2 saturated heterocycles. The molecule has 7 heteroatoms. The van der Waals surface area contributed by atoms with Crippen molar-refractivity contribution in [2.45, 2.75) is 12.5 Å². The Bertz CT molecular complexity index is 1080. The number of hydrogen-bond acceptors (Lipinski definition) is 6. The van der Waals surface area contributed by atoms with E-state index in [4.69, 9.17) is 4.74 Å². The molecule has 0 aliphatic carbocycles. The molecule has 32 heavy (non-hydrogen) atoms.